The second-order valence-electron chi connectivity index (χ2n) is 5.40. The highest BCUT2D eigenvalue weighted by molar-refractivity contribution is 7.16. The maximum absolute atomic E-state index is 12.4. The van der Waals surface area contributed by atoms with Crippen molar-refractivity contribution < 1.29 is 9.53 Å². The van der Waals surface area contributed by atoms with Gasteiger partial charge in [-0.2, -0.15) is 4.99 Å². The first-order chi connectivity index (χ1) is 12.2. The molecule has 0 saturated carbocycles. The predicted molar refractivity (Wildman–Crippen MR) is 101 cm³/mol. The Labute approximate surface area is 150 Å². The summed E-state index contributed by atoms with van der Waals surface area (Å²) in [7, 11) is 0. The molecule has 0 N–H and O–H groups in total. The van der Waals surface area contributed by atoms with E-state index in [1.165, 1.54) is 11.3 Å². The molecule has 0 unspecified atom stereocenters. The third-order valence-electron chi connectivity index (χ3n) is 3.65. The first kappa shape index (κ1) is 17.0. The number of amides is 1. The van der Waals surface area contributed by atoms with Gasteiger partial charge in [0.15, 0.2) is 4.80 Å². The van der Waals surface area contributed by atoms with Crippen molar-refractivity contribution in [2.75, 3.05) is 6.61 Å². The van der Waals surface area contributed by atoms with Gasteiger partial charge in [0.2, 0.25) is 0 Å². The quantitative estimate of drug-likeness (QED) is 0.662. The van der Waals surface area contributed by atoms with Gasteiger partial charge in [0.05, 0.1) is 29.8 Å². The standard InChI is InChI=1S/C20H18N2O2S/c1-3-13-22-17-7-5-6-8-18(17)25-20(22)21-19(23)14-15-9-11-16(12-10-15)24-4-2/h1,5-12H,4,13-14H2,2H3. The van der Waals surface area contributed by atoms with Gasteiger partial charge in [0, 0.05) is 0 Å². The summed E-state index contributed by atoms with van der Waals surface area (Å²) in [6.45, 7) is 2.95. The largest absolute Gasteiger partial charge is 0.494 e. The SMILES string of the molecule is C#CCn1c(=NC(=O)Cc2ccc(OCC)cc2)sc2ccccc21. The van der Waals surface area contributed by atoms with Crippen LogP contribution in [0.4, 0.5) is 0 Å². The summed E-state index contributed by atoms with van der Waals surface area (Å²) in [6, 6.07) is 15.4. The van der Waals surface area contributed by atoms with Gasteiger partial charge in [-0.25, -0.2) is 0 Å². The number of hydrogen-bond donors (Lipinski definition) is 0. The van der Waals surface area contributed by atoms with Gasteiger partial charge in [-0.3, -0.25) is 4.79 Å². The first-order valence-electron chi connectivity index (χ1n) is 8.02. The highest BCUT2D eigenvalue weighted by atomic mass is 32.1. The highest BCUT2D eigenvalue weighted by Crippen LogP contribution is 2.17. The van der Waals surface area contributed by atoms with Crippen LogP contribution in [0.3, 0.4) is 0 Å². The van der Waals surface area contributed by atoms with Crippen molar-refractivity contribution in [2.24, 2.45) is 4.99 Å². The number of aromatic nitrogens is 1. The number of carbonyl (C=O) groups excluding carboxylic acids is 1. The molecule has 0 bridgehead atoms. The number of thiazole rings is 1. The summed E-state index contributed by atoms with van der Waals surface area (Å²) in [5.41, 5.74) is 1.90. The fourth-order valence-corrected chi connectivity index (χ4v) is 3.59. The number of para-hydroxylation sites is 1. The summed E-state index contributed by atoms with van der Waals surface area (Å²) in [5.74, 6) is 3.23. The van der Waals surface area contributed by atoms with Crippen molar-refractivity contribution in [1.29, 1.82) is 0 Å². The molecule has 1 heterocycles. The smallest absolute Gasteiger partial charge is 0.252 e. The van der Waals surface area contributed by atoms with Crippen LogP contribution in [0.15, 0.2) is 53.5 Å². The molecule has 0 aliphatic rings. The third kappa shape index (κ3) is 3.98. The van der Waals surface area contributed by atoms with E-state index in [0.29, 0.717) is 18.0 Å². The number of carbonyl (C=O) groups is 1. The van der Waals surface area contributed by atoms with Crippen LogP contribution in [-0.4, -0.2) is 17.1 Å². The maximum Gasteiger partial charge on any atom is 0.252 e. The van der Waals surface area contributed by atoms with Gasteiger partial charge in [0.1, 0.15) is 5.75 Å². The van der Waals surface area contributed by atoms with Gasteiger partial charge >= 0.3 is 0 Å². The molecular formula is C20H18N2O2S. The minimum Gasteiger partial charge on any atom is -0.494 e. The zero-order valence-corrected chi connectivity index (χ0v) is 14.8. The molecule has 1 aromatic heterocycles. The summed E-state index contributed by atoms with van der Waals surface area (Å²) >= 11 is 1.47. The molecule has 0 fully saturated rings. The van der Waals surface area contributed by atoms with Crippen LogP contribution >= 0.6 is 11.3 Å². The van der Waals surface area contributed by atoms with Crippen molar-refractivity contribution in [3.63, 3.8) is 0 Å². The Morgan fingerprint density at radius 3 is 2.72 bits per heavy atom. The molecule has 0 atom stereocenters. The van der Waals surface area contributed by atoms with E-state index in [0.717, 1.165) is 21.5 Å². The zero-order valence-electron chi connectivity index (χ0n) is 13.9. The average Bonchev–Trinajstić information content (AvgIpc) is 2.95. The Kier molecular flexibility index (Phi) is 5.32. The number of benzene rings is 2. The molecule has 0 radical (unpaired) electrons. The fraction of sp³-hybridized carbons (Fsp3) is 0.200. The van der Waals surface area contributed by atoms with Crippen LogP contribution in [0, 0.1) is 12.3 Å². The van der Waals surface area contributed by atoms with Crippen molar-refractivity contribution >= 4 is 27.5 Å². The number of ether oxygens (including phenoxy) is 1. The Hall–Kier alpha value is -2.84. The molecule has 0 aliphatic heterocycles. The van der Waals surface area contributed by atoms with Gasteiger partial charge in [-0.1, -0.05) is 41.5 Å². The number of hydrogen-bond acceptors (Lipinski definition) is 3. The van der Waals surface area contributed by atoms with E-state index in [2.05, 4.69) is 10.9 Å². The zero-order chi connectivity index (χ0) is 17.6. The molecule has 25 heavy (non-hydrogen) atoms. The molecule has 0 saturated heterocycles. The Morgan fingerprint density at radius 2 is 2.00 bits per heavy atom. The van der Waals surface area contributed by atoms with Crippen molar-refractivity contribution in [3.8, 4) is 18.1 Å². The normalized spacial score (nSPS) is 11.4. The van der Waals surface area contributed by atoms with Crippen LogP contribution in [0.5, 0.6) is 5.75 Å². The minimum atomic E-state index is -0.193. The van der Waals surface area contributed by atoms with Crippen molar-refractivity contribution in [1.82, 2.24) is 4.57 Å². The first-order valence-corrected chi connectivity index (χ1v) is 8.84. The van der Waals surface area contributed by atoms with Crippen molar-refractivity contribution in [2.45, 2.75) is 19.9 Å². The molecular weight excluding hydrogens is 332 g/mol. The predicted octanol–water partition coefficient (Wildman–Crippen LogP) is 3.40. The average molecular weight is 350 g/mol. The Bertz CT molecular complexity index is 991. The molecule has 0 spiro atoms. The van der Waals surface area contributed by atoms with Crippen LogP contribution in [-0.2, 0) is 17.8 Å². The van der Waals surface area contributed by atoms with Crippen LogP contribution in [0.1, 0.15) is 12.5 Å². The van der Waals surface area contributed by atoms with Gasteiger partial charge in [-0.05, 0) is 36.8 Å². The van der Waals surface area contributed by atoms with Crippen LogP contribution in [0.2, 0.25) is 0 Å². The van der Waals surface area contributed by atoms with E-state index in [1.807, 2.05) is 60.0 Å². The summed E-state index contributed by atoms with van der Waals surface area (Å²) in [4.78, 5) is 17.3. The lowest BCUT2D eigenvalue weighted by Gasteiger charge is -2.03. The van der Waals surface area contributed by atoms with Gasteiger partial charge < -0.3 is 9.30 Å². The molecule has 0 aliphatic carbocycles. The highest BCUT2D eigenvalue weighted by Gasteiger charge is 2.07. The topological polar surface area (TPSA) is 43.6 Å². The molecule has 5 heteroatoms. The van der Waals surface area contributed by atoms with Gasteiger partial charge in [0.25, 0.3) is 5.91 Å². The number of terminal acetylenes is 1. The molecule has 126 valence electrons. The lowest BCUT2D eigenvalue weighted by Crippen LogP contribution is -2.17. The lowest BCUT2D eigenvalue weighted by atomic mass is 10.1. The Balaban J connectivity index is 1.87. The maximum atomic E-state index is 12.4. The van der Waals surface area contributed by atoms with E-state index >= 15 is 0 Å². The van der Waals surface area contributed by atoms with E-state index in [-0.39, 0.29) is 12.3 Å². The van der Waals surface area contributed by atoms with Crippen LogP contribution in [0.25, 0.3) is 10.2 Å². The minimum absolute atomic E-state index is 0.193. The second kappa shape index (κ2) is 7.82. The summed E-state index contributed by atoms with van der Waals surface area (Å²) < 4.78 is 8.37. The van der Waals surface area contributed by atoms with E-state index < -0.39 is 0 Å². The van der Waals surface area contributed by atoms with Crippen molar-refractivity contribution in [3.05, 3.63) is 58.9 Å². The Morgan fingerprint density at radius 1 is 1.24 bits per heavy atom. The van der Waals surface area contributed by atoms with Gasteiger partial charge in [-0.15, -0.1) is 6.42 Å². The second-order valence-corrected chi connectivity index (χ2v) is 6.41. The third-order valence-corrected chi connectivity index (χ3v) is 4.71. The number of rotatable bonds is 5. The lowest BCUT2D eigenvalue weighted by molar-refractivity contribution is -0.117. The van der Waals surface area contributed by atoms with E-state index in [9.17, 15) is 4.79 Å². The molecule has 3 rings (SSSR count). The fourth-order valence-electron chi connectivity index (χ4n) is 2.54. The molecule has 4 nitrogen and oxygen atoms in total. The summed E-state index contributed by atoms with van der Waals surface area (Å²) in [6.07, 6.45) is 5.71. The molecule has 3 aromatic rings. The van der Waals surface area contributed by atoms with E-state index in [4.69, 9.17) is 11.2 Å². The number of fused-ring (bicyclic) bond motifs is 1. The summed E-state index contributed by atoms with van der Waals surface area (Å²) in [5, 5.41) is 0. The van der Waals surface area contributed by atoms with E-state index in [1.54, 1.807) is 0 Å². The molecule has 1 amide bonds. The molecule has 2 aromatic carbocycles. The van der Waals surface area contributed by atoms with Crippen LogP contribution < -0.4 is 9.54 Å². The number of nitrogens with zero attached hydrogens (tertiary/aromatic N) is 2. The monoisotopic (exact) mass is 350 g/mol.